The molecule has 0 atom stereocenters. The lowest BCUT2D eigenvalue weighted by atomic mass is 10.1. The quantitative estimate of drug-likeness (QED) is 0.403. The fourth-order valence-corrected chi connectivity index (χ4v) is 2.57. The third-order valence-corrected chi connectivity index (χ3v) is 3.93. The van der Waals surface area contributed by atoms with Crippen molar-refractivity contribution < 1.29 is 4.39 Å². The molecule has 2 aromatic carbocycles. The molecule has 0 nitrogen and oxygen atoms in total. The first-order valence-corrected chi connectivity index (χ1v) is 6.80. The maximum atomic E-state index is 13.7. The summed E-state index contributed by atoms with van der Waals surface area (Å²) >= 11 is 19.9. The van der Waals surface area contributed by atoms with E-state index in [-0.39, 0.29) is 5.82 Å². The number of rotatable bonds is 1. The van der Waals surface area contributed by atoms with Crippen LogP contribution in [0.5, 0.6) is 0 Å². The van der Waals surface area contributed by atoms with Crippen LogP contribution in [0.25, 0.3) is 11.1 Å². The molecule has 88 valence electrons. The van der Waals surface area contributed by atoms with Crippen LogP contribution in [0.2, 0.25) is 15.1 Å². The summed E-state index contributed by atoms with van der Waals surface area (Å²) in [4.78, 5) is 0. The third-order valence-electron chi connectivity index (χ3n) is 2.23. The highest BCUT2D eigenvalue weighted by Crippen LogP contribution is 2.36. The van der Waals surface area contributed by atoms with Crippen LogP contribution in [0.3, 0.4) is 0 Å². The zero-order chi connectivity index (χ0) is 12.6. The van der Waals surface area contributed by atoms with Gasteiger partial charge >= 0.3 is 0 Å². The fourth-order valence-electron chi connectivity index (χ4n) is 1.43. The van der Waals surface area contributed by atoms with Crippen LogP contribution in [0.1, 0.15) is 0 Å². The molecule has 2 aromatic rings. The molecule has 0 spiro atoms. The Morgan fingerprint density at radius 1 is 0.824 bits per heavy atom. The van der Waals surface area contributed by atoms with Crippen LogP contribution >= 0.6 is 57.4 Å². The summed E-state index contributed by atoms with van der Waals surface area (Å²) in [5, 5.41) is 1.08. The molecule has 0 N–H and O–H groups in total. The lowest BCUT2D eigenvalue weighted by Gasteiger charge is -2.08. The van der Waals surface area contributed by atoms with Crippen molar-refractivity contribution in [2.45, 2.75) is 0 Å². The van der Waals surface area contributed by atoms with E-state index in [4.69, 9.17) is 34.8 Å². The summed E-state index contributed by atoms with van der Waals surface area (Å²) in [5.41, 5.74) is 0.956. The van der Waals surface area contributed by atoms with Gasteiger partial charge in [0.2, 0.25) is 0 Å². The SMILES string of the molecule is Fc1ccc(I)cc1-c1cc(Cl)c(Cl)cc1Cl. The van der Waals surface area contributed by atoms with Gasteiger partial charge in [-0.05, 0) is 52.9 Å². The summed E-state index contributed by atoms with van der Waals surface area (Å²) in [6, 6.07) is 7.88. The van der Waals surface area contributed by atoms with Crippen molar-refractivity contribution >= 4 is 57.4 Å². The minimum Gasteiger partial charge on any atom is -0.206 e. The minimum absolute atomic E-state index is 0.342. The summed E-state index contributed by atoms with van der Waals surface area (Å²) in [6.45, 7) is 0. The molecule has 0 bridgehead atoms. The predicted molar refractivity (Wildman–Crippen MR) is 79.6 cm³/mol. The minimum atomic E-state index is -0.342. The van der Waals surface area contributed by atoms with Gasteiger partial charge in [0.1, 0.15) is 5.82 Å². The molecule has 0 heterocycles. The Balaban J connectivity index is 2.68. The van der Waals surface area contributed by atoms with Crippen LogP contribution in [0, 0.1) is 9.39 Å². The van der Waals surface area contributed by atoms with Crippen LogP contribution < -0.4 is 0 Å². The maximum Gasteiger partial charge on any atom is 0.131 e. The molecule has 0 aliphatic carbocycles. The average molecular weight is 401 g/mol. The van der Waals surface area contributed by atoms with E-state index in [1.807, 2.05) is 0 Å². The second kappa shape index (κ2) is 5.31. The molecule has 0 unspecified atom stereocenters. The monoisotopic (exact) mass is 400 g/mol. The molecule has 0 aliphatic heterocycles. The van der Waals surface area contributed by atoms with Crippen LogP contribution in [-0.4, -0.2) is 0 Å². The largest absolute Gasteiger partial charge is 0.206 e. The zero-order valence-electron chi connectivity index (χ0n) is 8.28. The van der Waals surface area contributed by atoms with Gasteiger partial charge in [-0.25, -0.2) is 4.39 Å². The highest BCUT2D eigenvalue weighted by Gasteiger charge is 2.12. The molecule has 0 saturated carbocycles. The number of hydrogen-bond donors (Lipinski definition) is 0. The van der Waals surface area contributed by atoms with Crippen molar-refractivity contribution in [3.8, 4) is 11.1 Å². The Bertz CT molecular complexity index is 584. The Kier molecular flexibility index (Phi) is 4.18. The Labute approximate surface area is 127 Å². The molecule has 2 rings (SSSR count). The molecule has 0 saturated heterocycles. The van der Waals surface area contributed by atoms with E-state index in [1.165, 1.54) is 12.1 Å². The molecule has 0 aromatic heterocycles. The van der Waals surface area contributed by atoms with Gasteiger partial charge in [-0.2, -0.15) is 0 Å². The van der Waals surface area contributed by atoms with Gasteiger partial charge in [0.15, 0.2) is 0 Å². The highest BCUT2D eigenvalue weighted by atomic mass is 127. The first-order chi connectivity index (χ1) is 7.99. The zero-order valence-corrected chi connectivity index (χ0v) is 12.7. The highest BCUT2D eigenvalue weighted by molar-refractivity contribution is 14.1. The Morgan fingerprint density at radius 3 is 2.18 bits per heavy atom. The lowest BCUT2D eigenvalue weighted by molar-refractivity contribution is 0.631. The van der Waals surface area contributed by atoms with Gasteiger partial charge in [0, 0.05) is 14.7 Å². The number of halogens is 5. The van der Waals surface area contributed by atoms with E-state index < -0.39 is 0 Å². The van der Waals surface area contributed by atoms with Gasteiger partial charge in [0.25, 0.3) is 0 Å². The van der Waals surface area contributed by atoms with Crippen molar-refractivity contribution in [2.75, 3.05) is 0 Å². The van der Waals surface area contributed by atoms with Crippen LogP contribution in [0.15, 0.2) is 30.3 Å². The van der Waals surface area contributed by atoms with Gasteiger partial charge < -0.3 is 0 Å². The van der Waals surface area contributed by atoms with E-state index >= 15 is 0 Å². The third kappa shape index (κ3) is 2.87. The van der Waals surface area contributed by atoms with Crippen LogP contribution in [-0.2, 0) is 0 Å². The first-order valence-electron chi connectivity index (χ1n) is 4.59. The smallest absolute Gasteiger partial charge is 0.131 e. The van der Waals surface area contributed by atoms with Gasteiger partial charge in [-0.3, -0.25) is 0 Å². The molecular weight excluding hydrogens is 396 g/mol. The molecule has 5 heteroatoms. The molecule has 0 fully saturated rings. The summed E-state index contributed by atoms with van der Waals surface area (Å²) in [5.74, 6) is -0.342. The molecular formula is C12H5Cl3FI. The topological polar surface area (TPSA) is 0 Å². The van der Waals surface area contributed by atoms with Crippen molar-refractivity contribution in [1.29, 1.82) is 0 Å². The number of hydrogen-bond acceptors (Lipinski definition) is 0. The van der Waals surface area contributed by atoms with Crippen molar-refractivity contribution in [3.05, 3.63) is 54.8 Å². The fraction of sp³-hybridized carbons (Fsp3) is 0. The predicted octanol–water partition coefficient (Wildman–Crippen LogP) is 6.06. The van der Waals surface area contributed by atoms with Crippen LogP contribution in [0.4, 0.5) is 4.39 Å². The van der Waals surface area contributed by atoms with Gasteiger partial charge in [-0.15, -0.1) is 0 Å². The second-order valence-electron chi connectivity index (χ2n) is 3.37. The van der Waals surface area contributed by atoms with E-state index in [9.17, 15) is 4.39 Å². The maximum absolute atomic E-state index is 13.7. The Hall–Kier alpha value is -0.0300. The molecule has 0 aliphatic rings. The average Bonchev–Trinajstić information content (AvgIpc) is 2.27. The van der Waals surface area contributed by atoms with E-state index in [0.29, 0.717) is 26.2 Å². The normalized spacial score (nSPS) is 10.6. The van der Waals surface area contributed by atoms with Crippen molar-refractivity contribution in [1.82, 2.24) is 0 Å². The lowest BCUT2D eigenvalue weighted by Crippen LogP contribution is -1.87. The standard InChI is InChI=1S/C12H5Cl3FI/c13-9-5-11(15)10(14)4-7(9)8-3-6(17)1-2-12(8)16/h1-5H. The molecule has 17 heavy (non-hydrogen) atoms. The first kappa shape index (κ1) is 13.4. The van der Waals surface area contributed by atoms with E-state index in [0.717, 1.165) is 3.57 Å². The van der Waals surface area contributed by atoms with Gasteiger partial charge in [-0.1, -0.05) is 34.8 Å². The van der Waals surface area contributed by atoms with Gasteiger partial charge in [0.05, 0.1) is 15.1 Å². The second-order valence-corrected chi connectivity index (χ2v) is 5.84. The van der Waals surface area contributed by atoms with Crippen molar-refractivity contribution in [3.63, 3.8) is 0 Å². The summed E-state index contributed by atoms with van der Waals surface area (Å²) in [7, 11) is 0. The van der Waals surface area contributed by atoms with Crippen molar-refractivity contribution in [2.24, 2.45) is 0 Å². The molecule has 0 radical (unpaired) electrons. The summed E-state index contributed by atoms with van der Waals surface area (Å²) in [6.07, 6.45) is 0. The Morgan fingerprint density at radius 2 is 1.47 bits per heavy atom. The van der Waals surface area contributed by atoms with E-state index in [2.05, 4.69) is 22.6 Å². The molecule has 0 amide bonds. The number of benzene rings is 2. The van der Waals surface area contributed by atoms with E-state index in [1.54, 1.807) is 18.2 Å². The summed E-state index contributed by atoms with van der Waals surface area (Å²) < 4.78 is 14.6.